The lowest BCUT2D eigenvalue weighted by atomic mass is 10.2. The van der Waals surface area contributed by atoms with Gasteiger partial charge in [0.1, 0.15) is 0 Å². The van der Waals surface area contributed by atoms with E-state index in [1.807, 2.05) is 36.5 Å². The van der Waals surface area contributed by atoms with Crippen molar-refractivity contribution in [3.63, 3.8) is 0 Å². The number of aromatic nitrogens is 2. The molecule has 0 bridgehead atoms. The van der Waals surface area contributed by atoms with Gasteiger partial charge in [-0.25, -0.2) is 4.52 Å². The number of hydrogen-bond donors (Lipinski definition) is 1. The minimum absolute atomic E-state index is 0.0921. The Kier molecular flexibility index (Phi) is 5.71. The first-order valence-electron chi connectivity index (χ1n) is 9.25. The summed E-state index contributed by atoms with van der Waals surface area (Å²) in [5, 5.41) is 8.40. The molecule has 4 rings (SSSR count). The van der Waals surface area contributed by atoms with Gasteiger partial charge in [0, 0.05) is 45.5 Å². The molecule has 0 atom stereocenters. The van der Waals surface area contributed by atoms with E-state index in [-0.39, 0.29) is 5.91 Å². The van der Waals surface area contributed by atoms with Gasteiger partial charge in [-0.3, -0.25) is 9.69 Å². The van der Waals surface area contributed by atoms with Crippen LogP contribution >= 0.6 is 23.2 Å². The average Bonchev–Trinajstić information content (AvgIpc) is 3.15. The molecule has 28 heavy (non-hydrogen) atoms. The summed E-state index contributed by atoms with van der Waals surface area (Å²) in [5.74, 6) is -0.0921. The highest BCUT2D eigenvalue weighted by Crippen LogP contribution is 2.32. The van der Waals surface area contributed by atoms with E-state index in [4.69, 9.17) is 23.2 Å². The summed E-state index contributed by atoms with van der Waals surface area (Å²) in [6.07, 6.45) is 3.44. The number of halogens is 2. The number of anilines is 1. The topological polar surface area (TPSA) is 52.9 Å². The van der Waals surface area contributed by atoms with E-state index in [0.717, 1.165) is 43.9 Å². The van der Waals surface area contributed by atoms with Crippen LogP contribution in [0.3, 0.4) is 0 Å². The Morgan fingerprint density at radius 1 is 1.07 bits per heavy atom. The van der Waals surface area contributed by atoms with Crippen molar-refractivity contribution in [3.05, 3.63) is 64.4 Å². The number of hydrogen-bond acceptors (Lipinski definition) is 4. The Morgan fingerprint density at radius 3 is 2.71 bits per heavy atom. The molecule has 1 aliphatic rings. The molecule has 3 aromatic rings. The Morgan fingerprint density at radius 2 is 1.89 bits per heavy atom. The van der Waals surface area contributed by atoms with Crippen LogP contribution in [0.2, 0.25) is 10.0 Å². The minimum atomic E-state index is -0.0921. The zero-order valence-corrected chi connectivity index (χ0v) is 16.8. The number of carbonyl (C=O) groups excluding carboxylic acids is 1. The second-order valence-corrected chi connectivity index (χ2v) is 7.53. The summed E-state index contributed by atoms with van der Waals surface area (Å²) in [4.78, 5) is 17.0. The van der Waals surface area contributed by atoms with E-state index >= 15 is 0 Å². The number of fused-ring (bicyclic) bond motifs is 1. The van der Waals surface area contributed by atoms with Gasteiger partial charge in [0.15, 0.2) is 0 Å². The third-order valence-corrected chi connectivity index (χ3v) is 5.84. The average molecular weight is 418 g/mol. The van der Waals surface area contributed by atoms with Crippen LogP contribution in [-0.2, 0) is 0 Å². The molecule has 0 spiro atoms. The van der Waals surface area contributed by atoms with Gasteiger partial charge in [-0.2, -0.15) is 5.10 Å². The second kappa shape index (κ2) is 8.39. The molecule has 1 saturated heterocycles. The maximum Gasteiger partial charge on any atom is 0.255 e. The number of rotatable bonds is 5. The van der Waals surface area contributed by atoms with Crippen molar-refractivity contribution in [1.29, 1.82) is 0 Å². The third-order valence-electron chi connectivity index (χ3n) is 5.03. The monoisotopic (exact) mass is 417 g/mol. The molecular formula is C20H21Cl2N5O. The summed E-state index contributed by atoms with van der Waals surface area (Å²) in [6, 6.07) is 11.4. The van der Waals surface area contributed by atoms with Crippen molar-refractivity contribution in [2.24, 2.45) is 0 Å². The molecule has 0 radical (unpaired) electrons. The molecule has 1 aromatic carbocycles. The molecule has 1 aliphatic heterocycles. The van der Waals surface area contributed by atoms with Gasteiger partial charge < -0.3 is 10.2 Å². The van der Waals surface area contributed by atoms with Gasteiger partial charge in [-0.05, 0) is 24.3 Å². The van der Waals surface area contributed by atoms with Crippen molar-refractivity contribution in [2.45, 2.75) is 0 Å². The van der Waals surface area contributed by atoms with Gasteiger partial charge in [-0.15, -0.1) is 0 Å². The highest BCUT2D eigenvalue weighted by molar-refractivity contribution is 6.43. The van der Waals surface area contributed by atoms with Crippen molar-refractivity contribution in [1.82, 2.24) is 19.8 Å². The number of piperazine rings is 1. The lowest BCUT2D eigenvalue weighted by Gasteiger charge is -2.36. The normalized spacial score (nSPS) is 15.1. The van der Waals surface area contributed by atoms with Crippen molar-refractivity contribution < 1.29 is 4.79 Å². The SMILES string of the molecule is O=C(NCCN1CCN(c2cccc(Cl)c2Cl)CC1)c1cnn2ccccc12. The first-order valence-corrected chi connectivity index (χ1v) is 10.0. The molecule has 3 heterocycles. The Bertz CT molecular complexity index is 982. The maximum absolute atomic E-state index is 12.4. The van der Waals surface area contributed by atoms with Crippen LogP contribution < -0.4 is 10.2 Å². The molecule has 8 heteroatoms. The van der Waals surface area contributed by atoms with E-state index < -0.39 is 0 Å². The predicted octanol–water partition coefficient (Wildman–Crippen LogP) is 3.19. The zero-order chi connectivity index (χ0) is 19.5. The summed E-state index contributed by atoms with van der Waals surface area (Å²) >= 11 is 12.5. The minimum Gasteiger partial charge on any atom is -0.368 e. The van der Waals surface area contributed by atoms with E-state index in [1.165, 1.54) is 0 Å². The molecule has 0 unspecified atom stereocenters. The number of amides is 1. The van der Waals surface area contributed by atoms with Gasteiger partial charge in [0.05, 0.1) is 33.0 Å². The number of pyridine rings is 1. The zero-order valence-electron chi connectivity index (χ0n) is 15.3. The Balaban J connectivity index is 1.27. The highest BCUT2D eigenvalue weighted by Gasteiger charge is 2.20. The molecule has 0 saturated carbocycles. The smallest absolute Gasteiger partial charge is 0.255 e. The summed E-state index contributed by atoms with van der Waals surface area (Å²) < 4.78 is 1.70. The number of benzene rings is 1. The van der Waals surface area contributed by atoms with E-state index in [9.17, 15) is 4.79 Å². The van der Waals surface area contributed by atoms with Crippen molar-refractivity contribution in [2.75, 3.05) is 44.2 Å². The van der Waals surface area contributed by atoms with Gasteiger partial charge in [0.25, 0.3) is 5.91 Å². The van der Waals surface area contributed by atoms with Crippen molar-refractivity contribution in [3.8, 4) is 0 Å². The van der Waals surface area contributed by atoms with Gasteiger partial charge in [0.2, 0.25) is 0 Å². The van der Waals surface area contributed by atoms with Gasteiger partial charge >= 0.3 is 0 Å². The van der Waals surface area contributed by atoms with E-state index in [0.29, 0.717) is 22.2 Å². The summed E-state index contributed by atoms with van der Waals surface area (Å²) in [7, 11) is 0. The lowest BCUT2D eigenvalue weighted by Crippen LogP contribution is -2.48. The van der Waals surface area contributed by atoms with Crippen LogP contribution in [0.1, 0.15) is 10.4 Å². The molecular weight excluding hydrogens is 397 g/mol. The van der Waals surface area contributed by atoms with Crippen LogP contribution in [0.15, 0.2) is 48.8 Å². The second-order valence-electron chi connectivity index (χ2n) is 6.75. The highest BCUT2D eigenvalue weighted by atomic mass is 35.5. The first-order chi connectivity index (χ1) is 13.6. The molecule has 146 valence electrons. The van der Waals surface area contributed by atoms with Crippen LogP contribution in [-0.4, -0.2) is 59.7 Å². The lowest BCUT2D eigenvalue weighted by molar-refractivity contribution is 0.0949. The van der Waals surface area contributed by atoms with E-state index in [2.05, 4.69) is 20.2 Å². The standard InChI is InChI=1S/C20H21Cl2N5O/c21-16-4-3-6-18(19(16)22)26-12-10-25(11-13-26)9-7-23-20(28)15-14-24-27-8-2-1-5-17(15)27/h1-6,8,14H,7,9-13H2,(H,23,28). The quantitative estimate of drug-likeness (QED) is 0.692. The Hall–Kier alpha value is -2.28. The predicted molar refractivity (Wildman–Crippen MR) is 113 cm³/mol. The van der Waals surface area contributed by atoms with E-state index in [1.54, 1.807) is 16.8 Å². The van der Waals surface area contributed by atoms with Crippen LogP contribution in [0, 0.1) is 0 Å². The van der Waals surface area contributed by atoms with Crippen LogP contribution in [0.25, 0.3) is 5.52 Å². The fourth-order valence-electron chi connectivity index (χ4n) is 3.48. The summed E-state index contributed by atoms with van der Waals surface area (Å²) in [6.45, 7) is 4.98. The molecule has 1 N–H and O–H groups in total. The number of nitrogens with one attached hydrogen (secondary N) is 1. The number of carbonyl (C=O) groups is 1. The summed E-state index contributed by atoms with van der Waals surface area (Å²) in [5.41, 5.74) is 2.39. The molecule has 2 aromatic heterocycles. The fraction of sp³-hybridized carbons (Fsp3) is 0.300. The fourth-order valence-corrected chi connectivity index (χ4v) is 3.90. The maximum atomic E-state index is 12.4. The van der Waals surface area contributed by atoms with Gasteiger partial charge in [-0.1, -0.05) is 35.3 Å². The van der Waals surface area contributed by atoms with Crippen molar-refractivity contribution >= 4 is 40.3 Å². The van der Waals surface area contributed by atoms with Crippen LogP contribution in [0.4, 0.5) is 5.69 Å². The molecule has 1 fully saturated rings. The third kappa shape index (κ3) is 3.94. The number of nitrogens with zero attached hydrogens (tertiary/aromatic N) is 4. The Labute approximate surface area is 173 Å². The molecule has 6 nitrogen and oxygen atoms in total. The largest absolute Gasteiger partial charge is 0.368 e. The van der Waals surface area contributed by atoms with Crippen LogP contribution in [0.5, 0.6) is 0 Å². The first kappa shape index (κ1) is 19.1. The molecule has 0 aliphatic carbocycles. The molecule has 1 amide bonds.